The molecule has 3 nitrogen and oxygen atoms in total. The molecule has 0 aromatic carbocycles. The second-order valence-electron chi connectivity index (χ2n) is 3.23. The zero-order valence-electron chi connectivity index (χ0n) is 6.60. The van der Waals surface area contributed by atoms with Gasteiger partial charge in [-0.25, -0.2) is 4.68 Å². The number of nitrogens with zero attached hydrogens (tertiary/aromatic N) is 3. The summed E-state index contributed by atoms with van der Waals surface area (Å²) in [5.74, 6) is 0. The molecule has 0 aliphatic rings. The van der Waals surface area contributed by atoms with Gasteiger partial charge < -0.3 is 0 Å². The molecule has 0 saturated carbocycles. The molecule has 62 valence electrons. The Balaban J connectivity index is 3.13. The Labute approximate surface area is 72.8 Å². The van der Waals surface area contributed by atoms with E-state index in [-0.39, 0.29) is 10.3 Å². The molecule has 0 spiro atoms. The Bertz CT molecular complexity index is 263. The molecule has 1 aromatic rings. The maximum Gasteiger partial charge on any atom is 0.308 e. The number of rotatable bonds is 0. The average Bonchev–Trinajstić information content (AvgIpc) is 2.08. The molecule has 0 N–H and O–H groups in total. The summed E-state index contributed by atoms with van der Waals surface area (Å²) in [4.78, 5) is 3.48. The molecule has 0 atom stereocenters. The van der Waals surface area contributed by atoms with Gasteiger partial charge in [-0.15, -0.1) is 5.10 Å². The molecule has 11 heavy (non-hydrogen) atoms. The minimum absolute atomic E-state index is 0.282. The van der Waals surface area contributed by atoms with Crippen LogP contribution in [0.15, 0.2) is 4.73 Å². The van der Waals surface area contributed by atoms with Crippen molar-refractivity contribution < 1.29 is 4.39 Å². The van der Waals surface area contributed by atoms with E-state index in [4.69, 9.17) is 0 Å². The summed E-state index contributed by atoms with van der Waals surface area (Å²) in [6, 6.07) is 0. The number of hydrogen-bond acceptors (Lipinski definition) is 2. The van der Waals surface area contributed by atoms with Gasteiger partial charge in [0.1, 0.15) is 0 Å². The van der Waals surface area contributed by atoms with Gasteiger partial charge in [0.05, 0.1) is 5.54 Å². The van der Waals surface area contributed by atoms with Crippen molar-refractivity contribution in [3.05, 3.63) is 10.8 Å². The molecule has 0 unspecified atom stereocenters. The standard InChI is InChI=1S/C6H9BrFN3/c1-6(2,3)11-5(8)9-4(7)10-11/h1-3H3. The van der Waals surface area contributed by atoms with Crippen LogP contribution in [0.2, 0.25) is 0 Å². The Kier molecular flexibility index (Phi) is 2.00. The van der Waals surface area contributed by atoms with Crippen LogP contribution in [-0.2, 0) is 5.54 Å². The lowest BCUT2D eigenvalue weighted by Gasteiger charge is -2.17. The highest BCUT2D eigenvalue weighted by atomic mass is 79.9. The predicted octanol–water partition coefficient (Wildman–Crippen LogP) is 1.93. The summed E-state index contributed by atoms with van der Waals surface area (Å²) in [5, 5.41) is 3.83. The lowest BCUT2D eigenvalue weighted by molar-refractivity contribution is 0.292. The maximum absolute atomic E-state index is 12.9. The van der Waals surface area contributed by atoms with E-state index in [9.17, 15) is 4.39 Å². The smallest absolute Gasteiger partial charge is 0.215 e. The summed E-state index contributed by atoms with van der Waals surface area (Å²) in [6.07, 6.45) is -0.565. The van der Waals surface area contributed by atoms with Crippen molar-refractivity contribution in [3.8, 4) is 0 Å². The first-order chi connectivity index (χ1) is 4.91. The molecule has 1 aromatic heterocycles. The molecule has 0 fully saturated rings. The molecule has 5 heteroatoms. The van der Waals surface area contributed by atoms with Gasteiger partial charge in [0.2, 0.25) is 4.73 Å². The lowest BCUT2D eigenvalue weighted by atomic mass is 10.1. The van der Waals surface area contributed by atoms with Crippen LogP contribution < -0.4 is 0 Å². The SMILES string of the molecule is CC(C)(C)n1nc(Br)nc1F. The van der Waals surface area contributed by atoms with Gasteiger partial charge in [0.25, 0.3) is 0 Å². The minimum Gasteiger partial charge on any atom is -0.215 e. The first-order valence-electron chi connectivity index (χ1n) is 3.20. The fraction of sp³-hybridized carbons (Fsp3) is 0.667. The van der Waals surface area contributed by atoms with Crippen molar-refractivity contribution in [3.63, 3.8) is 0 Å². The fourth-order valence-electron chi connectivity index (χ4n) is 0.696. The highest BCUT2D eigenvalue weighted by Gasteiger charge is 2.19. The molecular formula is C6H9BrFN3. The van der Waals surface area contributed by atoms with E-state index in [1.807, 2.05) is 20.8 Å². The van der Waals surface area contributed by atoms with Crippen LogP contribution in [0.3, 0.4) is 0 Å². The van der Waals surface area contributed by atoms with Gasteiger partial charge in [0, 0.05) is 0 Å². The summed E-state index contributed by atoms with van der Waals surface area (Å²) in [5.41, 5.74) is -0.358. The molecular weight excluding hydrogens is 213 g/mol. The third-order valence-corrected chi connectivity index (χ3v) is 1.51. The van der Waals surface area contributed by atoms with Crippen molar-refractivity contribution >= 4 is 15.9 Å². The molecule has 0 radical (unpaired) electrons. The van der Waals surface area contributed by atoms with Crippen molar-refractivity contribution in [1.82, 2.24) is 14.8 Å². The quantitative estimate of drug-likeness (QED) is 0.671. The number of hydrogen-bond donors (Lipinski definition) is 0. The van der Waals surface area contributed by atoms with Crippen LogP contribution >= 0.6 is 15.9 Å². The highest BCUT2D eigenvalue weighted by molar-refractivity contribution is 9.10. The summed E-state index contributed by atoms with van der Waals surface area (Å²) in [6.45, 7) is 5.58. The van der Waals surface area contributed by atoms with Gasteiger partial charge in [0.15, 0.2) is 0 Å². The molecule has 0 aliphatic carbocycles. The largest absolute Gasteiger partial charge is 0.308 e. The predicted molar refractivity (Wildman–Crippen MR) is 42.7 cm³/mol. The normalized spacial score (nSPS) is 12.1. The minimum atomic E-state index is -0.565. The highest BCUT2D eigenvalue weighted by Crippen LogP contribution is 2.15. The topological polar surface area (TPSA) is 30.7 Å². The molecule has 0 amide bonds. The van der Waals surface area contributed by atoms with Crippen LogP contribution in [0.4, 0.5) is 4.39 Å². The van der Waals surface area contributed by atoms with E-state index >= 15 is 0 Å². The van der Waals surface area contributed by atoms with E-state index in [1.54, 1.807) is 0 Å². The van der Waals surface area contributed by atoms with E-state index in [0.29, 0.717) is 0 Å². The second kappa shape index (κ2) is 2.55. The summed E-state index contributed by atoms with van der Waals surface area (Å²) in [7, 11) is 0. The Morgan fingerprint density at radius 2 is 2.00 bits per heavy atom. The maximum atomic E-state index is 12.9. The molecule has 1 rings (SSSR count). The molecule has 0 aliphatic heterocycles. The Morgan fingerprint density at radius 1 is 1.45 bits per heavy atom. The summed E-state index contributed by atoms with van der Waals surface area (Å²) >= 11 is 2.99. The van der Waals surface area contributed by atoms with Gasteiger partial charge in [-0.1, -0.05) is 0 Å². The van der Waals surface area contributed by atoms with E-state index < -0.39 is 6.08 Å². The van der Waals surface area contributed by atoms with Gasteiger partial charge in [-0.3, -0.25) is 0 Å². The Morgan fingerprint density at radius 3 is 2.18 bits per heavy atom. The second-order valence-corrected chi connectivity index (χ2v) is 3.94. The van der Waals surface area contributed by atoms with E-state index in [0.717, 1.165) is 0 Å². The number of aromatic nitrogens is 3. The van der Waals surface area contributed by atoms with Gasteiger partial charge in [-0.05, 0) is 36.7 Å². The molecule has 0 bridgehead atoms. The third kappa shape index (κ3) is 1.77. The monoisotopic (exact) mass is 221 g/mol. The van der Waals surface area contributed by atoms with Crippen molar-refractivity contribution in [2.24, 2.45) is 0 Å². The first-order valence-corrected chi connectivity index (χ1v) is 3.99. The van der Waals surface area contributed by atoms with Crippen molar-refractivity contribution in [2.75, 3.05) is 0 Å². The number of halogens is 2. The lowest BCUT2D eigenvalue weighted by Crippen LogP contribution is -2.24. The fourth-order valence-corrected chi connectivity index (χ4v) is 1.00. The van der Waals surface area contributed by atoms with Crippen molar-refractivity contribution in [1.29, 1.82) is 0 Å². The van der Waals surface area contributed by atoms with Crippen LogP contribution in [0.5, 0.6) is 0 Å². The van der Waals surface area contributed by atoms with E-state index in [2.05, 4.69) is 26.0 Å². The zero-order valence-corrected chi connectivity index (χ0v) is 8.18. The van der Waals surface area contributed by atoms with Crippen molar-refractivity contribution in [2.45, 2.75) is 26.3 Å². The zero-order chi connectivity index (χ0) is 8.65. The summed E-state index contributed by atoms with van der Waals surface area (Å²) < 4.78 is 14.4. The Hall–Kier alpha value is -0.450. The van der Waals surface area contributed by atoms with Crippen LogP contribution in [0.1, 0.15) is 20.8 Å². The molecule has 1 heterocycles. The first kappa shape index (κ1) is 8.64. The molecule has 0 saturated heterocycles. The third-order valence-electron chi connectivity index (χ3n) is 1.18. The van der Waals surface area contributed by atoms with Crippen LogP contribution in [0, 0.1) is 6.08 Å². The van der Waals surface area contributed by atoms with E-state index in [1.165, 1.54) is 4.68 Å². The van der Waals surface area contributed by atoms with Gasteiger partial charge >= 0.3 is 6.08 Å². The van der Waals surface area contributed by atoms with Gasteiger partial charge in [-0.2, -0.15) is 9.37 Å². The van der Waals surface area contributed by atoms with Crippen LogP contribution in [-0.4, -0.2) is 14.8 Å². The average molecular weight is 222 g/mol. The van der Waals surface area contributed by atoms with Crippen LogP contribution in [0.25, 0.3) is 0 Å².